The van der Waals surface area contributed by atoms with Gasteiger partial charge in [-0.25, -0.2) is 21.6 Å². The smallest absolute Gasteiger partial charge is 0.293 e. The number of H-pyrrole nitrogens is 1. The van der Waals surface area contributed by atoms with Crippen LogP contribution in [0.1, 0.15) is 86.3 Å². The highest BCUT2D eigenvalue weighted by Gasteiger charge is 2.50. The monoisotopic (exact) mass is 1130 g/mol. The SMILES string of the molecule is Cc1ccccc1[C@@H]1CN(c2ccc(S(=O)(=O)C(C)C)cc2)CCN1C1CC2(CCN(c3ccc(C(=O)NS(=O)(=O)c4ccc(NCC5CCOCC5)c([N+](=O)[O-])c4)c(N4c5cc6cc[nH]c6nc5O[C@H]5COCC[C@@H]54)c3)CC2)C1. The molecule has 6 aliphatic rings. The molecule has 3 atom stereocenters. The zero-order valence-corrected chi connectivity index (χ0v) is 47.0. The fourth-order valence-corrected chi connectivity index (χ4v) is 15.2. The van der Waals surface area contributed by atoms with E-state index < -0.39 is 52.6 Å². The lowest BCUT2D eigenvalue weighted by molar-refractivity contribution is -0.384. The van der Waals surface area contributed by atoms with E-state index in [1.54, 1.807) is 38.2 Å². The molecule has 2 aromatic heterocycles. The molecule has 5 aliphatic heterocycles. The average molecular weight is 1130 g/mol. The third kappa shape index (κ3) is 10.3. The van der Waals surface area contributed by atoms with Gasteiger partial charge in [-0.05, 0) is 155 Å². The third-order valence-corrected chi connectivity index (χ3v) is 21.3. The van der Waals surface area contributed by atoms with E-state index >= 15 is 0 Å². The van der Waals surface area contributed by atoms with E-state index in [4.69, 9.17) is 19.2 Å². The second kappa shape index (κ2) is 21.6. The molecule has 21 heteroatoms. The summed E-state index contributed by atoms with van der Waals surface area (Å²) in [6.07, 6.45) is 7.66. The molecule has 3 N–H and O–H groups in total. The van der Waals surface area contributed by atoms with Gasteiger partial charge in [-0.1, -0.05) is 24.3 Å². The maximum atomic E-state index is 14.8. The number of amides is 1. The number of nitrogens with zero attached hydrogens (tertiary/aromatic N) is 6. The van der Waals surface area contributed by atoms with E-state index in [1.165, 1.54) is 23.3 Å². The summed E-state index contributed by atoms with van der Waals surface area (Å²) in [5.74, 6) is -0.278. The van der Waals surface area contributed by atoms with Crippen LogP contribution in [0.15, 0.2) is 113 Å². The first-order valence-corrected chi connectivity index (χ1v) is 31.1. The Labute approximate surface area is 467 Å². The summed E-state index contributed by atoms with van der Waals surface area (Å²) in [6.45, 7) is 12.1. The summed E-state index contributed by atoms with van der Waals surface area (Å²) in [6, 6.07) is 29.4. The molecule has 1 aliphatic carbocycles. The van der Waals surface area contributed by atoms with Crippen molar-refractivity contribution in [3.8, 4) is 5.88 Å². The Morgan fingerprint density at radius 2 is 1.57 bits per heavy atom. The largest absolute Gasteiger partial charge is 0.468 e. The normalized spacial score (nSPS) is 21.9. The quantitative estimate of drug-likeness (QED) is 0.0684. The van der Waals surface area contributed by atoms with E-state index in [9.17, 15) is 31.7 Å². The number of nitrogens with one attached hydrogen (secondary N) is 3. The van der Waals surface area contributed by atoms with Crippen LogP contribution in [0.3, 0.4) is 0 Å². The number of sulfonamides is 1. The Kier molecular flexibility index (Phi) is 14.5. The number of piperazine rings is 1. The molecule has 12 rings (SSSR count). The number of carbonyl (C=O) groups excluding carboxylic acids is 1. The number of hydrogen-bond donors (Lipinski definition) is 3. The van der Waals surface area contributed by atoms with Gasteiger partial charge >= 0.3 is 0 Å². The molecule has 4 saturated heterocycles. The first-order valence-electron chi connectivity index (χ1n) is 28.0. The standard InChI is InChI=1S/C59H69N9O10S2/c1-38(2)79(72,73)45-11-8-42(9-12-45)65-25-26-66(54(36-65)47-7-5-4-6-39(47)3)44-33-59(34-44)20-23-64(24-21-59)43-10-14-48(51(31-43)67-50-19-29-77-37-55(50)78-58-53(67)30-41-16-22-60-56(41)62-58)57(69)63-80(74,75)46-13-15-49(52(32-46)68(70)71)61-35-40-17-27-76-28-18-40/h4-16,22,30-32,38,40,44,50,54-55,61H,17-21,23-29,33-37H2,1-3H3,(H,60,62)(H,63,69)/t50-,54-,55-/m0/s1. The Morgan fingerprint density at radius 3 is 2.33 bits per heavy atom. The van der Waals surface area contributed by atoms with Crippen molar-refractivity contribution in [1.29, 1.82) is 0 Å². The van der Waals surface area contributed by atoms with Gasteiger partial charge in [0.1, 0.15) is 23.1 Å². The number of ether oxygens (including phenoxy) is 3. The molecule has 0 unspecified atom stereocenters. The third-order valence-electron chi connectivity index (χ3n) is 17.8. The molecular weight excluding hydrogens is 1060 g/mol. The highest BCUT2D eigenvalue weighted by molar-refractivity contribution is 7.92. The summed E-state index contributed by atoms with van der Waals surface area (Å²) in [7, 11) is -8.01. The molecule has 1 amide bonds. The number of benzene rings is 4. The summed E-state index contributed by atoms with van der Waals surface area (Å²) < 4.78 is 74.5. The Balaban J connectivity index is 0.799. The molecule has 422 valence electrons. The van der Waals surface area contributed by atoms with Crippen LogP contribution in [0.5, 0.6) is 5.88 Å². The number of fused-ring (bicyclic) bond motifs is 3. The second-order valence-electron chi connectivity index (χ2n) is 22.9. The number of rotatable bonds is 14. The number of hydrogen-bond acceptors (Lipinski definition) is 16. The van der Waals surface area contributed by atoms with Gasteiger partial charge in [0.2, 0.25) is 5.88 Å². The van der Waals surface area contributed by atoms with E-state index in [-0.39, 0.29) is 41.3 Å². The molecular formula is C59H69N9O10S2. The number of nitro groups is 1. The number of piperidine rings is 1. The molecule has 1 saturated carbocycles. The van der Waals surface area contributed by atoms with Crippen LogP contribution in [0.4, 0.5) is 34.1 Å². The van der Waals surface area contributed by atoms with E-state index in [0.29, 0.717) is 66.6 Å². The first kappa shape index (κ1) is 53.8. The second-order valence-corrected chi connectivity index (χ2v) is 27.1. The minimum Gasteiger partial charge on any atom is -0.468 e. The van der Waals surface area contributed by atoms with Crippen molar-refractivity contribution in [2.24, 2.45) is 11.3 Å². The zero-order chi connectivity index (χ0) is 55.5. The topological polar surface area (TPSA) is 222 Å². The number of carbonyl (C=O) groups is 1. The number of nitro benzene ring substituents is 1. The lowest BCUT2D eigenvalue weighted by Crippen LogP contribution is -2.60. The van der Waals surface area contributed by atoms with Crippen molar-refractivity contribution in [3.63, 3.8) is 0 Å². The van der Waals surface area contributed by atoms with Crippen LogP contribution < -0.4 is 29.5 Å². The van der Waals surface area contributed by atoms with E-state index in [2.05, 4.69) is 65.8 Å². The molecule has 7 heterocycles. The molecule has 0 radical (unpaired) electrons. The molecule has 6 aromatic rings. The Morgan fingerprint density at radius 1 is 0.838 bits per heavy atom. The van der Waals surface area contributed by atoms with Crippen LogP contribution in [-0.2, 0) is 29.3 Å². The highest BCUT2D eigenvalue weighted by atomic mass is 32.2. The lowest BCUT2D eigenvalue weighted by atomic mass is 9.59. The van der Waals surface area contributed by atoms with Gasteiger partial charge < -0.3 is 39.2 Å². The van der Waals surface area contributed by atoms with Crippen molar-refractivity contribution >= 4 is 70.9 Å². The van der Waals surface area contributed by atoms with Crippen molar-refractivity contribution in [3.05, 3.63) is 130 Å². The van der Waals surface area contributed by atoms with Crippen LogP contribution in [0.2, 0.25) is 0 Å². The number of aryl methyl sites for hydroxylation is 1. The first-order chi connectivity index (χ1) is 38.5. The molecule has 1 spiro atoms. The van der Waals surface area contributed by atoms with Crippen LogP contribution >= 0.6 is 0 Å². The van der Waals surface area contributed by atoms with Gasteiger partial charge in [-0.3, -0.25) is 19.8 Å². The maximum absolute atomic E-state index is 14.8. The van der Waals surface area contributed by atoms with Crippen LogP contribution in [0, 0.1) is 28.4 Å². The number of aromatic amines is 1. The number of aromatic nitrogens is 2. The Hall–Kier alpha value is -6.78. The minimum atomic E-state index is -4.63. The van der Waals surface area contributed by atoms with Crippen molar-refractivity contribution in [2.75, 3.05) is 85.7 Å². The molecule has 5 fully saturated rings. The van der Waals surface area contributed by atoms with Gasteiger partial charge in [0.25, 0.3) is 21.6 Å². The molecule has 0 bridgehead atoms. The van der Waals surface area contributed by atoms with E-state index in [1.807, 2.05) is 36.4 Å². The van der Waals surface area contributed by atoms with Crippen LogP contribution in [0.25, 0.3) is 11.0 Å². The minimum absolute atomic E-state index is 0.100. The Bertz CT molecular complexity index is 3540. The van der Waals surface area contributed by atoms with Crippen molar-refractivity contribution in [2.45, 2.75) is 105 Å². The van der Waals surface area contributed by atoms with Gasteiger partial charge in [-0.2, -0.15) is 4.98 Å². The molecule has 4 aromatic carbocycles. The fourth-order valence-electron chi connectivity index (χ4n) is 13.1. The van der Waals surface area contributed by atoms with Gasteiger partial charge in [0.05, 0.1) is 49.9 Å². The summed E-state index contributed by atoms with van der Waals surface area (Å²) in [4.78, 5) is 44.0. The highest BCUT2D eigenvalue weighted by Crippen LogP contribution is 2.54. The predicted molar refractivity (Wildman–Crippen MR) is 307 cm³/mol. The molecule has 80 heavy (non-hydrogen) atoms. The van der Waals surface area contributed by atoms with Crippen LogP contribution in [-0.4, -0.2) is 132 Å². The van der Waals surface area contributed by atoms with E-state index in [0.717, 1.165) is 94.1 Å². The van der Waals surface area contributed by atoms with Crippen molar-refractivity contribution < 1.29 is 40.8 Å². The van der Waals surface area contributed by atoms with Gasteiger partial charge in [0, 0.05) is 94.2 Å². The number of sulfone groups is 1. The van der Waals surface area contributed by atoms with Crippen molar-refractivity contribution in [1.82, 2.24) is 19.6 Å². The van der Waals surface area contributed by atoms with Gasteiger partial charge in [0.15, 0.2) is 9.84 Å². The summed E-state index contributed by atoms with van der Waals surface area (Å²) in [5, 5.41) is 15.9. The predicted octanol–water partition coefficient (Wildman–Crippen LogP) is 8.92. The average Bonchev–Trinajstić information content (AvgIpc) is 4.07. The number of anilines is 5. The summed E-state index contributed by atoms with van der Waals surface area (Å²) in [5.41, 5.74) is 6.27. The zero-order valence-electron chi connectivity index (χ0n) is 45.4. The fraction of sp³-hybridized carbons (Fsp3) is 0.458. The number of pyridine rings is 1. The van der Waals surface area contributed by atoms with Gasteiger partial charge in [-0.15, -0.1) is 0 Å². The lowest BCUT2D eigenvalue weighted by Gasteiger charge is -2.58. The maximum Gasteiger partial charge on any atom is 0.293 e. The molecule has 19 nitrogen and oxygen atoms in total. The summed E-state index contributed by atoms with van der Waals surface area (Å²) >= 11 is 0.